The average Bonchev–Trinajstić information content (AvgIpc) is 3.26. The summed E-state index contributed by atoms with van der Waals surface area (Å²) in [5, 5.41) is 0.478. The number of benzene rings is 2. The highest BCUT2D eigenvalue weighted by Gasteiger charge is 2.28. The SMILES string of the molecule is COc1cc2nc(CN3CCC[C@@H]3c3ccc4c(c3)OCCO4)[nH]c(=O)c2cc1OC. The lowest BCUT2D eigenvalue weighted by Crippen LogP contribution is -2.26. The van der Waals surface area contributed by atoms with Gasteiger partial charge >= 0.3 is 0 Å². The summed E-state index contributed by atoms with van der Waals surface area (Å²) in [7, 11) is 3.12. The Balaban J connectivity index is 1.44. The topological polar surface area (TPSA) is 85.9 Å². The van der Waals surface area contributed by atoms with E-state index in [-0.39, 0.29) is 11.6 Å². The molecule has 3 aromatic rings. The second-order valence-electron chi connectivity index (χ2n) is 7.77. The molecule has 2 aromatic carbocycles. The van der Waals surface area contributed by atoms with Gasteiger partial charge in [0.25, 0.3) is 5.56 Å². The van der Waals surface area contributed by atoms with Crippen molar-refractivity contribution in [2.24, 2.45) is 0 Å². The summed E-state index contributed by atoms with van der Waals surface area (Å²) in [6.45, 7) is 2.65. The van der Waals surface area contributed by atoms with Crippen LogP contribution in [0.4, 0.5) is 0 Å². The van der Waals surface area contributed by atoms with Gasteiger partial charge in [0.15, 0.2) is 23.0 Å². The van der Waals surface area contributed by atoms with E-state index in [0.29, 0.717) is 48.0 Å². The smallest absolute Gasteiger partial charge is 0.258 e. The number of H-pyrrole nitrogens is 1. The third-order valence-corrected chi connectivity index (χ3v) is 5.93. The van der Waals surface area contributed by atoms with Crippen LogP contribution in [0.3, 0.4) is 0 Å². The molecule has 3 heterocycles. The fourth-order valence-electron chi connectivity index (χ4n) is 4.44. The van der Waals surface area contributed by atoms with Crippen molar-refractivity contribution in [1.82, 2.24) is 14.9 Å². The van der Waals surface area contributed by atoms with Gasteiger partial charge in [0.2, 0.25) is 0 Å². The molecule has 2 aliphatic heterocycles. The summed E-state index contributed by atoms with van der Waals surface area (Å²) in [5.74, 6) is 3.29. The molecule has 0 spiro atoms. The van der Waals surface area contributed by atoms with Crippen LogP contribution in [0.1, 0.15) is 30.3 Å². The highest BCUT2D eigenvalue weighted by atomic mass is 16.6. The molecule has 0 bridgehead atoms. The van der Waals surface area contributed by atoms with E-state index in [2.05, 4.69) is 22.0 Å². The highest BCUT2D eigenvalue weighted by molar-refractivity contribution is 5.81. The molecule has 31 heavy (non-hydrogen) atoms. The minimum Gasteiger partial charge on any atom is -0.493 e. The van der Waals surface area contributed by atoms with Crippen LogP contribution in [0.5, 0.6) is 23.0 Å². The zero-order valence-electron chi connectivity index (χ0n) is 17.6. The fourth-order valence-corrected chi connectivity index (χ4v) is 4.44. The van der Waals surface area contributed by atoms with Crippen molar-refractivity contribution in [2.45, 2.75) is 25.4 Å². The lowest BCUT2D eigenvalue weighted by Gasteiger charge is -2.26. The van der Waals surface area contributed by atoms with Crippen molar-refractivity contribution < 1.29 is 18.9 Å². The largest absolute Gasteiger partial charge is 0.493 e. The molecule has 0 radical (unpaired) electrons. The number of rotatable bonds is 5. The molecule has 0 amide bonds. The van der Waals surface area contributed by atoms with Crippen molar-refractivity contribution in [3.05, 3.63) is 52.1 Å². The Morgan fingerprint density at radius 1 is 1.10 bits per heavy atom. The molecule has 1 N–H and O–H groups in total. The number of aromatic amines is 1. The van der Waals surface area contributed by atoms with Crippen molar-refractivity contribution in [3.8, 4) is 23.0 Å². The maximum Gasteiger partial charge on any atom is 0.258 e. The van der Waals surface area contributed by atoms with Crippen LogP contribution in [-0.4, -0.2) is 48.8 Å². The molecule has 1 atom stereocenters. The van der Waals surface area contributed by atoms with Crippen LogP contribution in [0.15, 0.2) is 35.1 Å². The van der Waals surface area contributed by atoms with Crippen molar-refractivity contribution in [1.29, 1.82) is 0 Å². The van der Waals surface area contributed by atoms with E-state index in [1.165, 1.54) is 5.56 Å². The van der Waals surface area contributed by atoms with Gasteiger partial charge in [0, 0.05) is 12.1 Å². The lowest BCUT2D eigenvalue weighted by atomic mass is 10.0. The normalized spacial score (nSPS) is 18.3. The Bertz CT molecular complexity index is 1180. The second kappa shape index (κ2) is 8.11. The molecule has 5 rings (SSSR count). The van der Waals surface area contributed by atoms with Crippen molar-refractivity contribution >= 4 is 10.9 Å². The molecular formula is C23H25N3O5. The molecular weight excluding hydrogens is 398 g/mol. The van der Waals surface area contributed by atoms with E-state index in [0.717, 1.165) is 30.9 Å². The third-order valence-electron chi connectivity index (χ3n) is 5.93. The van der Waals surface area contributed by atoms with Crippen LogP contribution in [-0.2, 0) is 6.54 Å². The average molecular weight is 423 g/mol. The molecule has 2 aliphatic rings. The summed E-state index contributed by atoms with van der Waals surface area (Å²) >= 11 is 0. The first-order valence-electron chi connectivity index (χ1n) is 10.4. The maximum atomic E-state index is 12.7. The Morgan fingerprint density at radius 2 is 1.87 bits per heavy atom. The van der Waals surface area contributed by atoms with E-state index in [1.807, 2.05) is 6.07 Å². The fraction of sp³-hybridized carbons (Fsp3) is 0.391. The molecule has 0 unspecified atom stereocenters. The zero-order valence-corrected chi connectivity index (χ0v) is 17.6. The monoisotopic (exact) mass is 423 g/mol. The Labute approximate surface area is 179 Å². The van der Waals surface area contributed by atoms with Gasteiger partial charge < -0.3 is 23.9 Å². The van der Waals surface area contributed by atoms with Gasteiger partial charge in [-0.05, 0) is 43.1 Å². The van der Waals surface area contributed by atoms with Crippen molar-refractivity contribution in [2.75, 3.05) is 34.0 Å². The van der Waals surface area contributed by atoms with Crippen LogP contribution >= 0.6 is 0 Å². The van der Waals surface area contributed by atoms with Gasteiger partial charge in [-0.15, -0.1) is 0 Å². The number of methoxy groups -OCH3 is 2. The van der Waals surface area contributed by atoms with Gasteiger partial charge in [-0.1, -0.05) is 6.07 Å². The van der Waals surface area contributed by atoms with Crippen molar-refractivity contribution in [3.63, 3.8) is 0 Å². The third kappa shape index (κ3) is 3.67. The summed E-state index contributed by atoms with van der Waals surface area (Å²) in [4.78, 5) is 22.7. The Hall–Kier alpha value is -3.26. The molecule has 162 valence electrons. The minimum absolute atomic E-state index is 0.184. The maximum absolute atomic E-state index is 12.7. The quantitative estimate of drug-likeness (QED) is 0.675. The van der Waals surface area contributed by atoms with Gasteiger partial charge in [-0.25, -0.2) is 4.98 Å². The van der Waals surface area contributed by atoms with E-state index in [4.69, 9.17) is 23.9 Å². The number of ether oxygens (including phenoxy) is 4. The Kier molecular flexibility index (Phi) is 5.15. The predicted molar refractivity (Wildman–Crippen MR) is 115 cm³/mol. The highest BCUT2D eigenvalue weighted by Crippen LogP contribution is 2.38. The first kappa shape index (κ1) is 19.7. The zero-order chi connectivity index (χ0) is 21.4. The number of nitrogens with zero attached hydrogens (tertiary/aromatic N) is 2. The second-order valence-corrected chi connectivity index (χ2v) is 7.77. The van der Waals surface area contributed by atoms with E-state index < -0.39 is 0 Å². The molecule has 1 fully saturated rings. The summed E-state index contributed by atoms with van der Waals surface area (Å²) in [5.41, 5.74) is 1.60. The number of likely N-dealkylation sites (tertiary alicyclic amines) is 1. The molecule has 8 nitrogen and oxygen atoms in total. The molecule has 1 aromatic heterocycles. The van der Waals surface area contributed by atoms with Gasteiger partial charge in [-0.2, -0.15) is 0 Å². The number of hydrogen-bond acceptors (Lipinski definition) is 7. The number of aromatic nitrogens is 2. The van der Waals surface area contributed by atoms with Crippen LogP contribution in [0.25, 0.3) is 10.9 Å². The van der Waals surface area contributed by atoms with E-state index in [9.17, 15) is 4.79 Å². The first-order chi connectivity index (χ1) is 15.2. The van der Waals surface area contributed by atoms with E-state index in [1.54, 1.807) is 26.4 Å². The summed E-state index contributed by atoms with van der Waals surface area (Å²) < 4.78 is 22.1. The summed E-state index contributed by atoms with van der Waals surface area (Å²) in [6.07, 6.45) is 2.13. The molecule has 8 heteroatoms. The van der Waals surface area contributed by atoms with Gasteiger partial charge in [-0.3, -0.25) is 9.69 Å². The van der Waals surface area contributed by atoms with E-state index >= 15 is 0 Å². The van der Waals surface area contributed by atoms with Crippen LogP contribution in [0, 0.1) is 0 Å². The lowest BCUT2D eigenvalue weighted by molar-refractivity contribution is 0.170. The number of fused-ring (bicyclic) bond motifs is 2. The Morgan fingerprint density at radius 3 is 2.68 bits per heavy atom. The minimum atomic E-state index is -0.184. The van der Waals surface area contributed by atoms with Crippen LogP contribution < -0.4 is 24.5 Å². The summed E-state index contributed by atoms with van der Waals surface area (Å²) in [6, 6.07) is 9.81. The molecule has 0 saturated carbocycles. The standard InChI is InChI=1S/C23H25N3O5/c1-28-19-11-15-16(12-20(19)29-2)24-22(25-23(15)27)13-26-7-3-4-17(26)14-5-6-18-21(10-14)31-9-8-30-18/h5-6,10-12,17H,3-4,7-9,13H2,1-2H3,(H,24,25,27)/t17-/m1/s1. The number of nitrogens with one attached hydrogen (secondary N) is 1. The number of hydrogen-bond donors (Lipinski definition) is 1. The molecule has 0 aliphatic carbocycles. The van der Waals surface area contributed by atoms with Gasteiger partial charge in [0.05, 0.1) is 31.7 Å². The molecule has 1 saturated heterocycles. The predicted octanol–water partition coefficient (Wildman–Crippen LogP) is 3.05. The van der Waals surface area contributed by atoms with Gasteiger partial charge in [0.1, 0.15) is 19.0 Å². The van der Waals surface area contributed by atoms with Crippen LogP contribution in [0.2, 0.25) is 0 Å². The first-order valence-corrected chi connectivity index (χ1v) is 10.4.